The SMILES string of the molecule is O=C(O)CC1CSCCN1C(=O)Oc1ccccc1. The summed E-state index contributed by atoms with van der Waals surface area (Å²) in [6.45, 7) is 0.522. The van der Waals surface area contributed by atoms with Crippen molar-refractivity contribution in [2.45, 2.75) is 12.5 Å². The zero-order valence-electron chi connectivity index (χ0n) is 10.3. The molecule has 2 rings (SSSR count). The third-order valence-corrected chi connectivity index (χ3v) is 3.91. The van der Waals surface area contributed by atoms with E-state index in [4.69, 9.17) is 9.84 Å². The van der Waals surface area contributed by atoms with E-state index in [0.29, 0.717) is 18.0 Å². The number of hydrogen-bond donors (Lipinski definition) is 1. The van der Waals surface area contributed by atoms with Crippen LogP contribution in [0.3, 0.4) is 0 Å². The number of amides is 1. The summed E-state index contributed by atoms with van der Waals surface area (Å²) in [7, 11) is 0. The van der Waals surface area contributed by atoms with Crippen molar-refractivity contribution in [1.29, 1.82) is 0 Å². The zero-order valence-corrected chi connectivity index (χ0v) is 11.1. The normalized spacial score (nSPS) is 18.9. The predicted octanol–water partition coefficient (Wildman–Crippen LogP) is 2.08. The van der Waals surface area contributed by atoms with Crippen LogP contribution in [0.25, 0.3) is 0 Å². The molecule has 1 heterocycles. The number of benzene rings is 1. The Labute approximate surface area is 115 Å². The molecule has 0 radical (unpaired) electrons. The number of hydrogen-bond acceptors (Lipinski definition) is 4. The molecule has 19 heavy (non-hydrogen) atoms. The number of nitrogens with zero attached hydrogens (tertiary/aromatic N) is 1. The van der Waals surface area contributed by atoms with Gasteiger partial charge in [0.1, 0.15) is 5.75 Å². The van der Waals surface area contributed by atoms with Crippen molar-refractivity contribution in [1.82, 2.24) is 4.90 Å². The van der Waals surface area contributed by atoms with Crippen molar-refractivity contribution in [3.05, 3.63) is 30.3 Å². The first-order valence-electron chi connectivity index (χ1n) is 6.00. The Bertz CT molecular complexity index is 451. The van der Waals surface area contributed by atoms with Gasteiger partial charge in [-0.15, -0.1) is 0 Å². The van der Waals surface area contributed by atoms with Crippen LogP contribution in [0, 0.1) is 0 Å². The van der Waals surface area contributed by atoms with Crippen LogP contribution >= 0.6 is 11.8 Å². The average Bonchev–Trinajstić information content (AvgIpc) is 2.39. The van der Waals surface area contributed by atoms with Crippen LogP contribution in [0.1, 0.15) is 6.42 Å². The number of rotatable bonds is 3. The van der Waals surface area contributed by atoms with E-state index in [1.807, 2.05) is 6.07 Å². The molecule has 1 N–H and O–H groups in total. The molecule has 1 unspecified atom stereocenters. The molecule has 1 fully saturated rings. The fraction of sp³-hybridized carbons (Fsp3) is 0.385. The van der Waals surface area contributed by atoms with E-state index in [9.17, 15) is 9.59 Å². The van der Waals surface area contributed by atoms with Crippen LogP contribution in [0.4, 0.5) is 4.79 Å². The maximum absolute atomic E-state index is 12.1. The van der Waals surface area contributed by atoms with Crippen LogP contribution < -0.4 is 4.74 Å². The summed E-state index contributed by atoms with van der Waals surface area (Å²) in [6.07, 6.45) is -0.519. The number of ether oxygens (including phenoxy) is 1. The van der Waals surface area contributed by atoms with Gasteiger partial charge < -0.3 is 14.7 Å². The first-order valence-corrected chi connectivity index (χ1v) is 7.15. The smallest absolute Gasteiger partial charge is 0.415 e. The van der Waals surface area contributed by atoms with Gasteiger partial charge in [-0.2, -0.15) is 11.8 Å². The van der Waals surface area contributed by atoms with Crippen molar-refractivity contribution in [3.8, 4) is 5.75 Å². The van der Waals surface area contributed by atoms with Crippen molar-refractivity contribution in [2.75, 3.05) is 18.1 Å². The fourth-order valence-corrected chi connectivity index (χ4v) is 2.98. The molecule has 0 saturated carbocycles. The molecular weight excluding hydrogens is 266 g/mol. The van der Waals surface area contributed by atoms with E-state index in [1.165, 1.54) is 4.90 Å². The Balaban J connectivity index is 2.01. The summed E-state index contributed by atoms with van der Waals surface area (Å²) in [4.78, 5) is 24.4. The molecule has 1 atom stereocenters. The third-order valence-electron chi connectivity index (χ3n) is 2.82. The Morgan fingerprint density at radius 2 is 2.11 bits per heavy atom. The highest BCUT2D eigenvalue weighted by Crippen LogP contribution is 2.21. The highest BCUT2D eigenvalue weighted by atomic mass is 32.2. The van der Waals surface area contributed by atoms with E-state index in [2.05, 4.69) is 0 Å². The van der Waals surface area contributed by atoms with Gasteiger partial charge in [-0.1, -0.05) is 18.2 Å². The van der Waals surface area contributed by atoms with Crippen LogP contribution in [-0.4, -0.2) is 46.2 Å². The number of carbonyl (C=O) groups is 2. The Morgan fingerprint density at radius 3 is 2.79 bits per heavy atom. The van der Waals surface area contributed by atoms with E-state index in [0.717, 1.165) is 5.75 Å². The van der Waals surface area contributed by atoms with Gasteiger partial charge >= 0.3 is 12.1 Å². The second kappa shape index (κ2) is 6.47. The fourth-order valence-electron chi connectivity index (χ4n) is 1.91. The lowest BCUT2D eigenvalue weighted by atomic mass is 10.2. The molecule has 1 aliphatic rings. The molecule has 1 aromatic rings. The first-order chi connectivity index (χ1) is 9.16. The van der Waals surface area contributed by atoms with Gasteiger partial charge in [-0.25, -0.2) is 4.79 Å². The maximum atomic E-state index is 12.1. The highest BCUT2D eigenvalue weighted by Gasteiger charge is 2.30. The molecule has 0 spiro atoms. The maximum Gasteiger partial charge on any atom is 0.415 e. The summed E-state index contributed by atoms with van der Waals surface area (Å²) in [5.74, 6) is 1.01. The minimum absolute atomic E-state index is 0.0448. The van der Waals surface area contributed by atoms with Gasteiger partial charge in [0.2, 0.25) is 0 Å². The van der Waals surface area contributed by atoms with Gasteiger partial charge in [0.25, 0.3) is 0 Å². The van der Waals surface area contributed by atoms with E-state index in [1.54, 1.807) is 36.0 Å². The highest BCUT2D eigenvalue weighted by molar-refractivity contribution is 7.99. The molecule has 0 aromatic heterocycles. The Hall–Kier alpha value is -1.69. The van der Waals surface area contributed by atoms with Crippen molar-refractivity contribution < 1.29 is 19.4 Å². The number of carboxylic acid groups (broad SMARTS) is 1. The number of aliphatic carboxylic acids is 1. The molecule has 1 amide bonds. The van der Waals surface area contributed by atoms with Gasteiger partial charge in [0.05, 0.1) is 12.5 Å². The number of carboxylic acids is 1. The first kappa shape index (κ1) is 13.7. The van der Waals surface area contributed by atoms with Gasteiger partial charge in [-0.05, 0) is 12.1 Å². The van der Waals surface area contributed by atoms with Gasteiger partial charge in [0.15, 0.2) is 0 Å². The molecule has 5 nitrogen and oxygen atoms in total. The largest absolute Gasteiger partial charge is 0.481 e. The van der Waals surface area contributed by atoms with Crippen LogP contribution in [0.2, 0.25) is 0 Å². The average molecular weight is 281 g/mol. The third kappa shape index (κ3) is 3.89. The standard InChI is InChI=1S/C13H15NO4S/c15-12(16)8-10-9-19-7-6-14(10)13(17)18-11-4-2-1-3-5-11/h1-5,10H,6-9H2,(H,15,16). The molecule has 1 saturated heterocycles. The quantitative estimate of drug-likeness (QED) is 0.918. The van der Waals surface area contributed by atoms with E-state index in [-0.39, 0.29) is 12.5 Å². The summed E-state index contributed by atoms with van der Waals surface area (Å²) in [5.41, 5.74) is 0. The van der Waals surface area contributed by atoms with Crippen LogP contribution in [-0.2, 0) is 4.79 Å². The summed E-state index contributed by atoms with van der Waals surface area (Å²) in [6, 6.07) is 8.49. The molecule has 102 valence electrons. The number of thioether (sulfide) groups is 1. The molecule has 1 aromatic carbocycles. The molecule has 6 heteroatoms. The van der Waals surface area contributed by atoms with Gasteiger partial charge in [0, 0.05) is 18.1 Å². The van der Waals surface area contributed by atoms with Gasteiger partial charge in [-0.3, -0.25) is 4.79 Å². The van der Waals surface area contributed by atoms with Crippen molar-refractivity contribution >= 4 is 23.8 Å². The topological polar surface area (TPSA) is 66.8 Å². The zero-order chi connectivity index (χ0) is 13.7. The number of carbonyl (C=O) groups excluding carboxylic acids is 1. The molecule has 0 aliphatic carbocycles. The van der Waals surface area contributed by atoms with E-state index >= 15 is 0 Å². The van der Waals surface area contributed by atoms with Crippen molar-refractivity contribution in [2.24, 2.45) is 0 Å². The lowest BCUT2D eigenvalue weighted by Crippen LogP contribution is -2.48. The minimum atomic E-state index is -0.898. The lowest BCUT2D eigenvalue weighted by Gasteiger charge is -2.33. The van der Waals surface area contributed by atoms with Crippen molar-refractivity contribution in [3.63, 3.8) is 0 Å². The monoisotopic (exact) mass is 281 g/mol. The molecule has 1 aliphatic heterocycles. The second-order valence-corrected chi connectivity index (χ2v) is 5.35. The Morgan fingerprint density at radius 1 is 1.37 bits per heavy atom. The van der Waals surface area contributed by atoms with Crippen LogP contribution in [0.5, 0.6) is 5.75 Å². The molecular formula is C13H15NO4S. The Kier molecular flexibility index (Phi) is 4.68. The number of para-hydroxylation sites is 1. The predicted molar refractivity (Wildman–Crippen MR) is 72.5 cm³/mol. The summed E-state index contributed by atoms with van der Waals surface area (Å²) >= 11 is 1.66. The van der Waals surface area contributed by atoms with E-state index < -0.39 is 12.1 Å². The minimum Gasteiger partial charge on any atom is -0.481 e. The van der Waals surface area contributed by atoms with Crippen LogP contribution in [0.15, 0.2) is 30.3 Å². The lowest BCUT2D eigenvalue weighted by molar-refractivity contribution is -0.138. The summed E-state index contributed by atoms with van der Waals surface area (Å²) < 4.78 is 5.25. The second-order valence-electron chi connectivity index (χ2n) is 4.20. The molecule has 0 bridgehead atoms. The summed E-state index contributed by atoms with van der Waals surface area (Å²) in [5, 5.41) is 8.87.